The minimum Gasteiger partial charge on any atom is -0.484 e. The number of ether oxygens (including phenoxy) is 1. The van der Waals surface area contributed by atoms with Crippen LogP contribution in [0.3, 0.4) is 0 Å². The number of rotatable bonds is 7. The molecule has 2 rings (SSSR count). The largest absolute Gasteiger partial charge is 0.484 e. The molecule has 6 heteroatoms. The lowest BCUT2D eigenvalue weighted by Gasteiger charge is -2.07. The molecule has 0 atom stereocenters. The monoisotopic (exact) mass is 328 g/mol. The van der Waals surface area contributed by atoms with E-state index < -0.39 is 0 Å². The van der Waals surface area contributed by atoms with Crippen LogP contribution in [0.25, 0.3) is 6.08 Å². The summed E-state index contributed by atoms with van der Waals surface area (Å²) in [6.07, 6.45) is 3.05. The molecule has 2 amide bonds. The quantitative estimate of drug-likeness (QED) is 0.762. The Bertz CT molecular complexity index is 717. The summed E-state index contributed by atoms with van der Waals surface area (Å²) in [5, 5.41) is 5.26. The molecule has 1 aromatic carbocycles. The van der Waals surface area contributed by atoms with Crippen LogP contribution in [-0.4, -0.2) is 25.5 Å². The van der Waals surface area contributed by atoms with E-state index in [2.05, 4.69) is 10.6 Å². The number of benzene rings is 1. The Morgan fingerprint density at radius 1 is 1.17 bits per heavy atom. The highest BCUT2D eigenvalue weighted by Crippen LogP contribution is 2.12. The molecule has 1 aromatic heterocycles. The van der Waals surface area contributed by atoms with Gasteiger partial charge in [-0.1, -0.05) is 12.1 Å². The maximum Gasteiger partial charge on any atom is 0.257 e. The number of hydrogen-bond acceptors (Lipinski definition) is 4. The molecule has 0 aliphatic carbocycles. The first-order chi connectivity index (χ1) is 11.6. The second-order valence-corrected chi connectivity index (χ2v) is 5.11. The Balaban J connectivity index is 1.78. The van der Waals surface area contributed by atoms with Gasteiger partial charge in [-0.2, -0.15) is 0 Å². The van der Waals surface area contributed by atoms with Gasteiger partial charge in [-0.3, -0.25) is 9.59 Å². The number of likely N-dealkylation sites (N-methyl/N-ethyl adjacent to an activating group) is 1. The second kappa shape index (κ2) is 8.57. The minimum absolute atomic E-state index is 0.0242. The molecule has 126 valence electrons. The Hall–Kier alpha value is -3.02. The highest BCUT2D eigenvalue weighted by molar-refractivity contribution is 5.91. The van der Waals surface area contributed by atoms with Gasteiger partial charge in [-0.25, -0.2) is 0 Å². The topological polar surface area (TPSA) is 80.6 Å². The summed E-state index contributed by atoms with van der Waals surface area (Å²) in [7, 11) is 1.55. The van der Waals surface area contributed by atoms with Crippen molar-refractivity contribution in [3.05, 3.63) is 59.6 Å². The zero-order chi connectivity index (χ0) is 17.4. The molecule has 2 aromatic rings. The fourth-order valence-electron chi connectivity index (χ4n) is 1.87. The summed E-state index contributed by atoms with van der Waals surface area (Å²) in [5.41, 5.74) is 0.929. The number of aryl methyl sites for hydroxylation is 1. The number of carbonyl (C=O) groups excluding carboxylic acids is 2. The molecule has 0 aliphatic rings. The van der Waals surface area contributed by atoms with E-state index in [1.165, 1.54) is 6.08 Å². The average molecular weight is 328 g/mol. The fraction of sp³-hybridized carbons (Fsp3) is 0.222. The van der Waals surface area contributed by atoms with Crippen molar-refractivity contribution < 1.29 is 18.7 Å². The van der Waals surface area contributed by atoms with E-state index in [9.17, 15) is 9.59 Å². The molecule has 0 spiro atoms. The van der Waals surface area contributed by atoms with Crippen molar-refractivity contribution in [1.82, 2.24) is 10.6 Å². The lowest BCUT2D eigenvalue weighted by atomic mass is 10.2. The molecule has 0 saturated heterocycles. The van der Waals surface area contributed by atoms with Gasteiger partial charge in [0.25, 0.3) is 5.91 Å². The predicted octanol–water partition coefficient (Wildman–Crippen LogP) is 2.04. The number of furan rings is 1. The van der Waals surface area contributed by atoms with Crippen molar-refractivity contribution in [3.8, 4) is 5.75 Å². The van der Waals surface area contributed by atoms with Crippen molar-refractivity contribution in [3.63, 3.8) is 0 Å². The summed E-state index contributed by atoms with van der Waals surface area (Å²) >= 11 is 0. The van der Waals surface area contributed by atoms with Gasteiger partial charge in [0.2, 0.25) is 5.91 Å². The summed E-state index contributed by atoms with van der Waals surface area (Å²) in [6, 6.07) is 10.8. The van der Waals surface area contributed by atoms with E-state index in [0.717, 1.165) is 11.3 Å². The van der Waals surface area contributed by atoms with Crippen LogP contribution in [0.4, 0.5) is 0 Å². The second-order valence-electron chi connectivity index (χ2n) is 5.11. The maximum atomic E-state index is 11.8. The van der Waals surface area contributed by atoms with Gasteiger partial charge in [0.15, 0.2) is 6.61 Å². The smallest absolute Gasteiger partial charge is 0.257 e. The molecule has 0 saturated carbocycles. The lowest BCUT2D eigenvalue weighted by Crippen LogP contribution is -2.24. The van der Waals surface area contributed by atoms with Crippen molar-refractivity contribution in [2.75, 3.05) is 13.7 Å². The van der Waals surface area contributed by atoms with Crippen LogP contribution in [0, 0.1) is 6.92 Å². The predicted molar refractivity (Wildman–Crippen MR) is 90.3 cm³/mol. The normalized spacial score (nSPS) is 10.6. The summed E-state index contributed by atoms with van der Waals surface area (Å²) in [6.45, 7) is 2.22. The lowest BCUT2D eigenvalue weighted by molar-refractivity contribution is -0.122. The van der Waals surface area contributed by atoms with Crippen LogP contribution in [-0.2, 0) is 16.1 Å². The third kappa shape index (κ3) is 5.64. The van der Waals surface area contributed by atoms with Crippen molar-refractivity contribution in [1.29, 1.82) is 0 Å². The molecular formula is C18H20N2O4. The summed E-state index contributed by atoms with van der Waals surface area (Å²) in [4.78, 5) is 22.9. The molecule has 0 fully saturated rings. The van der Waals surface area contributed by atoms with E-state index in [0.29, 0.717) is 18.1 Å². The molecule has 6 nitrogen and oxygen atoms in total. The first kappa shape index (κ1) is 17.3. The average Bonchev–Trinajstić information content (AvgIpc) is 3.02. The Kier molecular flexibility index (Phi) is 6.19. The first-order valence-corrected chi connectivity index (χ1v) is 7.51. The van der Waals surface area contributed by atoms with Gasteiger partial charge >= 0.3 is 0 Å². The molecule has 0 radical (unpaired) electrons. The standard InChI is InChI=1S/C18H20N2O4/c1-13-3-6-16(24-13)9-10-17(21)20-11-14-4-7-15(8-5-14)23-12-18(22)19-2/h3-10H,11-12H2,1-2H3,(H,19,22)(H,20,21)/b10-9-. The highest BCUT2D eigenvalue weighted by Gasteiger charge is 2.01. The number of amides is 2. The molecule has 1 heterocycles. The van der Waals surface area contributed by atoms with E-state index >= 15 is 0 Å². The minimum atomic E-state index is -0.205. The van der Waals surface area contributed by atoms with E-state index in [1.807, 2.05) is 25.1 Å². The molecular weight excluding hydrogens is 308 g/mol. The fourth-order valence-corrected chi connectivity index (χ4v) is 1.87. The van der Waals surface area contributed by atoms with Crippen LogP contribution in [0.2, 0.25) is 0 Å². The SMILES string of the molecule is CNC(=O)COc1ccc(CNC(=O)/C=C\c2ccc(C)o2)cc1. The van der Waals surface area contributed by atoms with Gasteiger partial charge in [-0.15, -0.1) is 0 Å². The summed E-state index contributed by atoms with van der Waals surface area (Å²) < 4.78 is 10.7. The van der Waals surface area contributed by atoms with Crippen LogP contribution in [0.5, 0.6) is 5.75 Å². The van der Waals surface area contributed by atoms with E-state index in [1.54, 1.807) is 31.3 Å². The third-order valence-electron chi connectivity index (χ3n) is 3.20. The molecule has 0 bridgehead atoms. The van der Waals surface area contributed by atoms with E-state index in [-0.39, 0.29) is 18.4 Å². The number of nitrogens with one attached hydrogen (secondary N) is 2. The van der Waals surface area contributed by atoms with Gasteiger partial charge < -0.3 is 19.8 Å². The zero-order valence-corrected chi connectivity index (χ0v) is 13.7. The third-order valence-corrected chi connectivity index (χ3v) is 3.20. The van der Waals surface area contributed by atoms with Crippen molar-refractivity contribution in [2.45, 2.75) is 13.5 Å². The van der Waals surface area contributed by atoms with Crippen LogP contribution in [0.1, 0.15) is 17.1 Å². The molecule has 24 heavy (non-hydrogen) atoms. The van der Waals surface area contributed by atoms with Crippen molar-refractivity contribution in [2.24, 2.45) is 0 Å². The van der Waals surface area contributed by atoms with Crippen LogP contribution in [0.15, 0.2) is 46.9 Å². The Morgan fingerprint density at radius 2 is 1.92 bits per heavy atom. The number of carbonyl (C=O) groups is 2. The molecule has 2 N–H and O–H groups in total. The Morgan fingerprint density at radius 3 is 2.54 bits per heavy atom. The van der Waals surface area contributed by atoms with Gasteiger partial charge in [0.1, 0.15) is 17.3 Å². The first-order valence-electron chi connectivity index (χ1n) is 7.51. The van der Waals surface area contributed by atoms with Gasteiger partial charge in [-0.05, 0) is 42.8 Å². The summed E-state index contributed by atoms with van der Waals surface area (Å²) in [5.74, 6) is 1.64. The number of hydrogen-bond donors (Lipinski definition) is 2. The van der Waals surface area contributed by atoms with Gasteiger partial charge in [0.05, 0.1) is 0 Å². The Labute approximate surface area is 140 Å². The molecule has 0 unspecified atom stereocenters. The van der Waals surface area contributed by atoms with Gasteiger partial charge in [0, 0.05) is 19.7 Å². The molecule has 0 aliphatic heterocycles. The van der Waals surface area contributed by atoms with E-state index in [4.69, 9.17) is 9.15 Å². The van der Waals surface area contributed by atoms with Crippen LogP contribution >= 0.6 is 0 Å². The van der Waals surface area contributed by atoms with Crippen molar-refractivity contribution >= 4 is 17.9 Å². The van der Waals surface area contributed by atoms with Crippen LogP contribution < -0.4 is 15.4 Å². The highest BCUT2D eigenvalue weighted by atomic mass is 16.5. The zero-order valence-electron chi connectivity index (χ0n) is 13.7. The maximum absolute atomic E-state index is 11.8.